The second-order valence-corrected chi connectivity index (χ2v) is 5.26. The summed E-state index contributed by atoms with van der Waals surface area (Å²) >= 11 is 2.10. The van der Waals surface area contributed by atoms with Gasteiger partial charge >= 0.3 is 0 Å². The summed E-state index contributed by atoms with van der Waals surface area (Å²) in [6.07, 6.45) is 1.80. The molecule has 1 unspecified atom stereocenters. The Morgan fingerprint density at radius 1 is 1.54 bits per heavy atom. The van der Waals surface area contributed by atoms with E-state index in [9.17, 15) is 9.59 Å². The van der Waals surface area contributed by atoms with Crippen molar-refractivity contribution in [2.24, 2.45) is 0 Å². The Bertz CT molecular complexity index is 228. The zero-order valence-electron chi connectivity index (χ0n) is 7.92. The first-order valence-electron chi connectivity index (χ1n) is 4.49. The van der Waals surface area contributed by atoms with E-state index in [0.29, 0.717) is 0 Å². The molecule has 1 rings (SSSR count). The van der Waals surface area contributed by atoms with Gasteiger partial charge in [-0.15, -0.1) is 0 Å². The number of rotatable bonds is 2. The molecule has 0 aromatic heterocycles. The number of carbonyl (C=O) groups excluding carboxylic acids is 2. The maximum Gasteiger partial charge on any atom is 0.220 e. The van der Waals surface area contributed by atoms with Crippen molar-refractivity contribution in [1.82, 2.24) is 4.90 Å². The van der Waals surface area contributed by atoms with E-state index in [2.05, 4.69) is 22.6 Å². The van der Waals surface area contributed by atoms with Gasteiger partial charge in [0.15, 0.2) is 5.78 Å². The Morgan fingerprint density at radius 3 is 2.62 bits per heavy atom. The van der Waals surface area contributed by atoms with Crippen molar-refractivity contribution >= 4 is 34.3 Å². The molecule has 1 amide bonds. The number of carbonyl (C=O) groups is 2. The molecule has 13 heavy (non-hydrogen) atoms. The van der Waals surface area contributed by atoms with E-state index < -0.39 is 0 Å². The largest absolute Gasteiger partial charge is 0.333 e. The van der Waals surface area contributed by atoms with Crippen molar-refractivity contribution in [3.63, 3.8) is 0 Å². The van der Waals surface area contributed by atoms with Crippen LogP contribution in [-0.4, -0.2) is 33.1 Å². The maximum absolute atomic E-state index is 11.7. The van der Waals surface area contributed by atoms with Crippen LogP contribution in [0, 0.1) is 0 Å². The molecule has 0 spiro atoms. The summed E-state index contributed by atoms with van der Waals surface area (Å²) < 4.78 is 0.00236. The molecule has 1 aliphatic heterocycles. The Kier molecular flexibility index (Phi) is 3.70. The van der Waals surface area contributed by atoms with E-state index >= 15 is 0 Å². The lowest BCUT2D eigenvalue weighted by Gasteiger charge is -2.22. The Balaban J connectivity index is 2.68. The van der Waals surface area contributed by atoms with Gasteiger partial charge in [0.1, 0.15) is 0 Å². The summed E-state index contributed by atoms with van der Waals surface area (Å²) in [4.78, 5) is 24.5. The summed E-state index contributed by atoms with van der Waals surface area (Å²) in [6, 6.07) is -0.149. The summed E-state index contributed by atoms with van der Waals surface area (Å²) in [5.74, 6) is 0.209. The summed E-state index contributed by atoms with van der Waals surface area (Å²) in [5, 5.41) is 0. The van der Waals surface area contributed by atoms with Crippen molar-refractivity contribution in [3.05, 3.63) is 0 Å². The standard InChI is InChI=1S/C9H14INO2/c1-6(10)9(13)8-4-3-5-11(8)7(2)12/h6,8H,3-5H2,1-2H3/t6?,8-/m0/s1. The number of alkyl halides is 1. The van der Waals surface area contributed by atoms with Gasteiger partial charge in [-0.25, -0.2) is 0 Å². The van der Waals surface area contributed by atoms with Gasteiger partial charge in [-0.1, -0.05) is 22.6 Å². The van der Waals surface area contributed by atoms with Crippen LogP contribution in [0.25, 0.3) is 0 Å². The maximum atomic E-state index is 11.7. The van der Waals surface area contributed by atoms with Crippen LogP contribution in [0.2, 0.25) is 0 Å². The Labute approximate surface area is 92.0 Å². The molecular weight excluding hydrogens is 281 g/mol. The number of Topliss-reactive ketones (excluding diaryl/α,β-unsaturated/α-hetero) is 1. The highest BCUT2D eigenvalue weighted by Crippen LogP contribution is 2.21. The molecule has 1 heterocycles. The van der Waals surface area contributed by atoms with Crippen molar-refractivity contribution in [1.29, 1.82) is 0 Å². The minimum absolute atomic E-state index is 0.00236. The molecule has 0 radical (unpaired) electrons. The predicted octanol–water partition coefficient (Wildman–Crippen LogP) is 1.39. The van der Waals surface area contributed by atoms with Gasteiger partial charge in [-0.2, -0.15) is 0 Å². The SMILES string of the molecule is CC(=O)N1CCC[C@H]1C(=O)C(C)I. The van der Waals surface area contributed by atoms with Crippen molar-refractivity contribution < 1.29 is 9.59 Å². The molecule has 0 aliphatic carbocycles. The predicted molar refractivity (Wildman–Crippen MR) is 58.9 cm³/mol. The first-order chi connectivity index (χ1) is 6.04. The lowest BCUT2D eigenvalue weighted by atomic mass is 10.1. The third kappa shape index (κ3) is 2.42. The fourth-order valence-electron chi connectivity index (χ4n) is 1.70. The average molecular weight is 295 g/mol. The van der Waals surface area contributed by atoms with E-state index in [-0.39, 0.29) is 21.7 Å². The Hall–Kier alpha value is -0.130. The molecule has 1 aliphatic rings. The number of ketones is 1. The first-order valence-corrected chi connectivity index (χ1v) is 5.73. The van der Waals surface area contributed by atoms with Crippen LogP contribution in [0.4, 0.5) is 0 Å². The topological polar surface area (TPSA) is 37.4 Å². The van der Waals surface area contributed by atoms with E-state index in [4.69, 9.17) is 0 Å². The normalized spacial score (nSPS) is 24.5. The monoisotopic (exact) mass is 295 g/mol. The highest BCUT2D eigenvalue weighted by molar-refractivity contribution is 14.1. The lowest BCUT2D eigenvalue weighted by molar-refractivity contribution is -0.135. The third-order valence-electron chi connectivity index (χ3n) is 2.38. The van der Waals surface area contributed by atoms with Crippen LogP contribution >= 0.6 is 22.6 Å². The highest BCUT2D eigenvalue weighted by atomic mass is 127. The van der Waals surface area contributed by atoms with Crippen LogP contribution in [0.3, 0.4) is 0 Å². The molecule has 4 heteroatoms. The second-order valence-electron chi connectivity index (χ2n) is 3.39. The average Bonchev–Trinajstić information content (AvgIpc) is 2.50. The van der Waals surface area contributed by atoms with Gasteiger partial charge in [0.25, 0.3) is 0 Å². The van der Waals surface area contributed by atoms with Gasteiger partial charge in [0.2, 0.25) is 5.91 Å². The smallest absolute Gasteiger partial charge is 0.220 e. The van der Waals surface area contributed by atoms with E-state index in [1.807, 2.05) is 6.92 Å². The van der Waals surface area contributed by atoms with Crippen molar-refractivity contribution in [2.75, 3.05) is 6.54 Å². The first kappa shape index (κ1) is 10.9. The van der Waals surface area contributed by atoms with Crippen molar-refractivity contribution in [3.8, 4) is 0 Å². The zero-order chi connectivity index (χ0) is 10.0. The van der Waals surface area contributed by atoms with Gasteiger partial charge in [0.05, 0.1) is 9.97 Å². The van der Waals surface area contributed by atoms with Crippen LogP contribution in [0.5, 0.6) is 0 Å². The van der Waals surface area contributed by atoms with Gasteiger partial charge in [-0.05, 0) is 19.8 Å². The highest BCUT2D eigenvalue weighted by Gasteiger charge is 2.33. The quantitative estimate of drug-likeness (QED) is 0.570. The molecule has 0 aromatic carbocycles. The molecule has 0 saturated carbocycles. The molecule has 1 saturated heterocycles. The molecule has 2 atom stereocenters. The molecule has 0 aromatic rings. The van der Waals surface area contributed by atoms with Gasteiger partial charge in [0, 0.05) is 13.5 Å². The van der Waals surface area contributed by atoms with E-state index in [1.165, 1.54) is 6.92 Å². The van der Waals surface area contributed by atoms with Crippen LogP contribution < -0.4 is 0 Å². The van der Waals surface area contributed by atoms with Gasteiger partial charge < -0.3 is 4.90 Å². The van der Waals surface area contributed by atoms with E-state index in [0.717, 1.165) is 19.4 Å². The number of hydrogen-bond acceptors (Lipinski definition) is 2. The number of hydrogen-bond donors (Lipinski definition) is 0. The molecule has 74 valence electrons. The fraction of sp³-hybridized carbons (Fsp3) is 0.778. The molecule has 0 bridgehead atoms. The van der Waals surface area contributed by atoms with Crippen LogP contribution in [0.1, 0.15) is 26.7 Å². The molecule has 3 nitrogen and oxygen atoms in total. The zero-order valence-corrected chi connectivity index (χ0v) is 10.1. The third-order valence-corrected chi connectivity index (χ3v) is 2.99. The number of likely N-dealkylation sites (tertiary alicyclic amines) is 1. The van der Waals surface area contributed by atoms with Crippen molar-refractivity contribution in [2.45, 2.75) is 36.7 Å². The Morgan fingerprint density at radius 2 is 2.15 bits per heavy atom. The number of nitrogens with zero attached hydrogens (tertiary/aromatic N) is 1. The summed E-state index contributed by atoms with van der Waals surface area (Å²) in [5.41, 5.74) is 0. The fourth-order valence-corrected chi connectivity index (χ4v) is 2.12. The molecule has 1 fully saturated rings. The number of amides is 1. The van der Waals surface area contributed by atoms with E-state index in [1.54, 1.807) is 4.90 Å². The molecule has 0 N–H and O–H groups in total. The van der Waals surface area contributed by atoms with Crippen LogP contribution in [-0.2, 0) is 9.59 Å². The minimum Gasteiger partial charge on any atom is -0.333 e. The van der Waals surface area contributed by atoms with Crippen LogP contribution in [0.15, 0.2) is 0 Å². The minimum atomic E-state index is -0.149. The van der Waals surface area contributed by atoms with Gasteiger partial charge in [-0.3, -0.25) is 9.59 Å². The molecular formula is C9H14INO2. The second kappa shape index (κ2) is 4.39. The summed E-state index contributed by atoms with van der Waals surface area (Å²) in [6.45, 7) is 4.15. The summed E-state index contributed by atoms with van der Waals surface area (Å²) in [7, 11) is 0. The number of halogens is 1. The lowest BCUT2D eigenvalue weighted by Crippen LogP contribution is -2.41.